The van der Waals surface area contributed by atoms with Crippen molar-refractivity contribution in [3.8, 4) is 11.4 Å². The van der Waals surface area contributed by atoms with Crippen LogP contribution in [0.4, 0.5) is 10.7 Å². The average molecular weight is 443 g/mol. The first-order valence-corrected chi connectivity index (χ1v) is 10.9. The van der Waals surface area contributed by atoms with Crippen molar-refractivity contribution in [3.63, 3.8) is 0 Å². The van der Waals surface area contributed by atoms with Gasteiger partial charge in [-0.3, -0.25) is 0 Å². The molecule has 30 heavy (non-hydrogen) atoms. The van der Waals surface area contributed by atoms with E-state index in [1.807, 2.05) is 18.2 Å². The van der Waals surface area contributed by atoms with Gasteiger partial charge in [0.1, 0.15) is 0 Å². The summed E-state index contributed by atoms with van der Waals surface area (Å²) in [4.78, 5) is 26.7. The zero-order chi connectivity index (χ0) is 20.7. The van der Waals surface area contributed by atoms with Crippen molar-refractivity contribution in [2.45, 2.75) is 18.4 Å². The third kappa shape index (κ3) is 3.53. The predicted molar refractivity (Wildman–Crippen MR) is 116 cm³/mol. The molecule has 10 heteroatoms. The van der Waals surface area contributed by atoms with Crippen LogP contribution < -0.4 is 11.1 Å². The van der Waals surface area contributed by atoms with Crippen LogP contribution in [0.1, 0.15) is 11.1 Å². The first-order valence-electron chi connectivity index (χ1n) is 9.58. The van der Waals surface area contributed by atoms with Gasteiger partial charge in [0.15, 0.2) is 11.0 Å². The van der Waals surface area contributed by atoms with E-state index in [0.29, 0.717) is 54.6 Å². The minimum absolute atomic E-state index is 0.0361. The maximum atomic E-state index is 11.7. The van der Waals surface area contributed by atoms with Gasteiger partial charge < -0.3 is 20.7 Å². The van der Waals surface area contributed by atoms with E-state index in [2.05, 4.69) is 26.3 Å². The Morgan fingerprint density at radius 3 is 2.93 bits per heavy atom. The van der Waals surface area contributed by atoms with Crippen LogP contribution in [0.25, 0.3) is 22.2 Å². The highest BCUT2D eigenvalue weighted by Gasteiger charge is 2.22. The molecule has 0 radical (unpaired) electrons. The van der Waals surface area contributed by atoms with E-state index in [9.17, 15) is 4.79 Å². The van der Waals surface area contributed by atoms with E-state index in [1.165, 1.54) is 11.8 Å². The number of aromatic nitrogens is 3. The molecule has 0 aliphatic carbocycles. The quantitative estimate of drug-likeness (QED) is 0.585. The van der Waals surface area contributed by atoms with E-state index >= 15 is 0 Å². The molecule has 154 valence electrons. The van der Waals surface area contributed by atoms with Crippen LogP contribution in [0.5, 0.6) is 0 Å². The number of carbonyl (C=O) groups is 1. The highest BCUT2D eigenvalue weighted by atomic mass is 35.5. The molecule has 8 nitrogen and oxygen atoms in total. The molecule has 0 atom stereocenters. The zero-order valence-corrected chi connectivity index (χ0v) is 17.6. The van der Waals surface area contributed by atoms with Crippen LogP contribution >= 0.6 is 23.4 Å². The Morgan fingerprint density at radius 2 is 2.10 bits per heavy atom. The molecule has 1 fully saturated rings. The van der Waals surface area contributed by atoms with Gasteiger partial charge in [0.05, 0.1) is 18.2 Å². The van der Waals surface area contributed by atoms with E-state index < -0.39 is 0 Å². The summed E-state index contributed by atoms with van der Waals surface area (Å²) in [6.07, 6.45) is 0. The van der Waals surface area contributed by atoms with Crippen LogP contribution in [0.2, 0.25) is 5.02 Å². The van der Waals surface area contributed by atoms with Crippen LogP contribution in [-0.4, -0.2) is 51.3 Å². The van der Waals surface area contributed by atoms with Crippen LogP contribution in [-0.2, 0) is 18.0 Å². The van der Waals surface area contributed by atoms with E-state index in [1.54, 1.807) is 4.90 Å². The number of carbonyl (C=O) groups excluding carboxylic acids is 1. The standard InChI is InChI=1S/C20H19ClN6O2S/c21-14-8-12-10-29-9-11-2-1-3-13(15(11)12)16(14)17-24-18(22)26-19(25-17)30-7-6-27-5-4-23-20(27)28/h1-3,8H,4-7,9-10H2,(H,23,28)(H2,22,24,25,26). The number of thioether (sulfide) groups is 1. The first kappa shape index (κ1) is 19.3. The molecule has 3 aromatic rings. The monoisotopic (exact) mass is 442 g/mol. The molecular formula is C20H19ClN6O2S. The molecule has 0 bridgehead atoms. The van der Waals surface area contributed by atoms with E-state index in [4.69, 9.17) is 22.1 Å². The smallest absolute Gasteiger partial charge is 0.317 e. The Labute approximate surface area is 182 Å². The summed E-state index contributed by atoms with van der Waals surface area (Å²) in [6.45, 7) is 3.10. The van der Waals surface area contributed by atoms with Gasteiger partial charge >= 0.3 is 6.03 Å². The molecular weight excluding hydrogens is 424 g/mol. The number of nitrogens with zero attached hydrogens (tertiary/aromatic N) is 4. The zero-order valence-electron chi connectivity index (χ0n) is 16.0. The molecule has 0 unspecified atom stereocenters. The molecule has 3 heterocycles. The molecule has 1 saturated heterocycles. The fraction of sp³-hybridized carbons (Fsp3) is 0.300. The number of anilines is 1. The average Bonchev–Trinajstić information content (AvgIpc) is 3.13. The maximum Gasteiger partial charge on any atom is 0.317 e. The number of ether oxygens (including phenoxy) is 1. The fourth-order valence-electron chi connectivity index (χ4n) is 3.87. The van der Waals surface area contributed by atoms with Crippen molar-refractivity contribution >= 4 is 46.1 Å². The summed E-state index contributed by atoms with van der Waals surface area (Å²) in [5, 5.41) is 5.97. The van der Waals surface area contributed by atoms with Crippen molar-refractivity contribution in [1.29, 1.82) is 0 Å². The molecule has 3 N–H and O–H groups in total. The van der Waals surface area contributed by atoms with Gasteiger partial charge in [-0.25, -0.2) is 9.78 Å². The molecule has 2 aromatic carbocycles. The highest BCUT2D eigenvalue weighted by Crippen LogP contribution is 2.39. The Balaban J connectivity index is 1.49. The number of hydrogen-bond acceptors (Lipinski definition) is 7. The minimum Gasteiger partial charge on any atom is -0.372 e. The van der Waals surface area contributed by atoms with Crippen molar-refractivity contribution < 1.29 is 9.53 Å². The second-order valence-corrected chi connectivity index (χ2v) is 8.56. The van der Waals surface area contributed by atoms with Gasteiger partial charge in [-0.2, -0.15) is 9.97 Å². The molecule has 2 amide bonds. The first-order chi connectivity index (χ1) is 14.6. The van der Waals surface area contributed by atoms with Crippen LogP contribution in [0.3, 0.4) is 0 Å². The number of halogens is 1. The van der Waals surface area contributed by atoms with Crippen LogP contribution in [0, 0.1) is 0 Å². The van der Waals surface area contributed by atoms with Crippen LogP contribution in [0.15, 0.2) is 29.4 Å². The second-order valence-electron chi connectivity index (χ2n) is 7.09. The Kier molecular flexibility index (Phi) is 5.10. The molecule has 0 saturated carbocycles. The Morgan fingerprint density at radius 1 is 1.23 bits per heavy atom. The number of hydrogen-bond donors (Lipinski definition) is 2. The lowest BCUT2D eigenvalue weighted by molar-refractivity contribution is 0.103. The maximum absolute atomic E-state index is 11.7. The number of nitrogen functional groups attached to an aromatic ring is 1. The lowest BCUT2D eigenvalue weighted by Crippen LogP contribution is -2.30. The van der Waals surface area contributed by atoms with E-state index in [-0.39, 0.29) is 12.0 Å². The van der Waals surface area contributed by atoms with Gasteiger partial charge in [0.2, 0.25) is 5.95 Å². The van der Waals surface area contributed by atoms with Crippen molar-refractivity contribution in [1.82, 2.24) is 25.2 Å². The summed E-state index contributed by atoms with van der Waals surface area (Å²) in [5.74, 6) is 1.25. The normalized spacial score (nSPS) is 15.6. The highest BCUT2D eigenvalue weighted by molar-refractivity contribution is 7.99. The lowest BCUT2D eigenvalue weighted by Gasteiger charge is -2.20. The Bertz CT molecular complexity index is 1160. The third-order valence-corrected chi connectivity index (χ3v) is 6.32. The molecule has 2 aliphatic rings. The van der Waals surface area contributed by atoms with Crippen molar-refractivity contribution in [3.05, 3.63) is 40.4 Å². The number of urea groups is 1. The predicted octanol–water partition coefficient (Wildman–Crippen LogP) is 3.07. The SMILES string of the molecule is Nc1nc(SCCN2CCNC2=O)nc(-c2c(Cl)cc3c4c(cccc24)COC3)n1. The summed E-state index contributed by atoms with van der Waals surface area (Å²) in [6, 6.07) is 7.94. The van der Waals surface area contributed by atoms with Gasteiger partial charge in [-0.15, -0.1) is 0 Å². The minimum atomic E-state index is -0.0361. The molecule has 1 aromatic heterocycles. The van der Waals surface area contributed by atoms with E-state index in [0.717, 1.165) is 27.5 Å². The topological polar surface area (TPSA) is 106 Å². The largest absolute Gasteiger partial charge is 0.372 e. The summed E-state index contributed by atoms with van der Waals surface area (Å²) in [5.41, 5.74) is 8.91. The number of nitrogens with one attached hydrogen (secondary N) is 1. The van der Waals surface area contributed by atoms with Gasteiger partial charge in [0.25, 0.3) is 0 Å². The lowest BCUT2D eigenvalue weighted by atomic mass is 9.94. The van der Waals surface area contributed by atoms with Gasteiger partial charge in [-0.05, 0) is 28.0 Å². The van der Waals surface area contributed by atoms with Crippen molar-refractivity contribution in [2.24, 2.45) is 0 Å². The van der Waals surface area contributed by atoms with Gasteiger partial charge in [0, 0.05) is 31.0 Å². The second kappa shape index (κ2) is 7.90. The Hall–Kier alpha value is -2.62. The third-order valence-electron chi connectivity index (χ3n) is 5.19. The summed E-state index contributed by atoms with van der Waals surface area (Å²) in [7, 11) is 0. The molecule has 2 aliphatic heterocycles. The molecule has 5 rings (SSSR count). The van der Waals surface area contributed by atoms with Crippen molar-refractivity contribution in [2.75, 3.05) is 31.1 Å². The summed E-state index contributed by atoms with van der Waals surface area (Å²) >= 11 is 8.09. The number of rotatable bonds is 5. The number of amides is 2. The fourth-order valence-corrected chi connectivity index (χ4v) is 4.99. The van der Waals surface area contributed by atoms with Gasteiger partial charge in [-0.1, -0.05) is 41.6 Å². The number of benzene rings is 2. The molecule has 0 spiro atoms. The number of nitrogens with two attached hydrogens (primary N) is 1. The summed E-state index contributed by atoms with van der Waals surface area (Å²) < 4.78 is 5.66.